The minimum absolute atomic E-state index is 0.254. The van der Waals surface area contributed by atoms with Gasteiger partial charge in [-0.05, 0) is 49.8 Å². The Morgan fingerprint density at radius 1 is 1.07 bits per heavy atom. The number of rotatable bonds is 6. The zero-order valence-corrected chi connectivity index (χ0v) is 14.8. The molecule has 2 aromatic rings. The molecule has 0 fully saturated rings. The van der Waals surface area contributed by atoms with Gasteiger partial charge in [0.25, 0.3) is 5.91 Å². The SMILES string of the molecule is CCOc1ccc(/C=C(\C(C)=O)C(=O)Nc2ccccc2C(F)(F)F)cc1. The molecule has 0 heterocycles. The number of benzene rings is 2. The molecule has 1 N–H and O–H groups in total. The molecule has 2 rings (SSSR count). The van der Waals surface area contributed by atoms with Gasteiger partial charge in [-0.25, -0.2) is 0 Å². The lowest BCUT2D eigenvalue weighted by molar-refractivity contribution is -0.137. The van der Waals surface area contributed by atoms with Gasteiger partial charge in [-0.2, -0.15) is 13.2 Å². The van der Waals surface area contributed by atoms with Crippen molar-refractivity contribution in [3.63, 3.8) is 0 Å². The van der Waals surface area contributed by atoms with E-state index in [1.807, 2.05) is 6.92 Å². The third-order valence-corrected chi connectivity index (χ3v) is 3.61. The van der Waals surface area contributed by atoms with E-state index in [2.05, 4.69) is 5.32 Å². The van der Waals surface area contributed by atoms with Crippen molar-refractivity contribution in [3.8, 4) is 5.75 Å². The number of halogens is 3. The van der Waals surface area contributed by atoms with Crippen molar-refractivity contribution in [1.82, 2.24) is 0 Å². The number of ether oxygens (including phenoxy) is 1. The lowest BCUT2D eigenvalue weighted by Crippen LogP contribution is -2.21. The first kappa shape index (κ1) is 20.2. The second-order valence-corrected chi connectivity index (χ2v) is 5.61. The molecule has 142 valence electrons. The van der Waals surface area contributed by atoms with Gasteiger partial charge >= 0.3 is 6.18 Å². The average molecular weight is 377 g/mol. The van der Waals surface area contributed by atoms with Crippen molar-refractivity contribution < 1.29 is 27.5 Å². The molecule has 0 bridgehead atoms. The summed E-state index contributed by atoms with van der Waals surface area (Å²) in [5.74, 6) is -0.846. The largest absolute Gasteiger partial charge is 0.494 e. The molecule has 0 aliphatic heterocycles. The normalized spacial score (nSPS) is 11.8. The van der Waals surface area contributed by atoms with Crippen molar-refractivity contribution in [1.29, 1.82) is 0 Å². The molecule has 0 radical (unpaired) electrons. The van der Waals surface area contributed by atoms with E-state index in [1.54, 1.807) is 24.3 Å². The monoisotopic (exact) mass is 377 g/mol. The summed E-state index contributed by atoms with van der Waals surface area (Å²) in [7, 11) is 0. The molecule has 27 heavy (non-hydrogen) atoms. The summed E-state index contributed by atoms with van der Waals surface area (Å²) in [5.41, 5.74) is -1.10. The lowest BCUT2D eigenvalue weighted by atomic mass is 10.1. The molecule has 0 aliphatic carbocycles. The third-order valence-electron chi connectivity index (χ3n) is 3.61. The van der Waals surface area contributed by atoms with Crippen LogP contribution in [-0.4, -0.2) is 18.3 Å². The Hall–Kier alpha value is -3.09. The Morgan fingerprint density at radius 3 is 2.26 bits per heavy atom. The maximum absolute atomic E-state index is 13.1. The van der Waals surface area contributed by atoms with Crippen molar-refractivity contribution in [2.75, 3.05) is 11.9 Å². The summed E-state index contributed by atoms with van der Waals surface area (Å²) in [6.07, 6.45) is -3.30. The number of carbonyl (C=O) groups excluding carboxylic acids is 2. The van der Waals surface area contributed by atoms with Crippen LogP contribution in [0.2, 0.25) is 0 Å². The zero-order valence-electron chi connectivity index (χ0n) is 14.8. The number of hydrogen-bond donors (Lipinski definition) is 1. The van der Waals surface area contributed by atoms with E-state index in [0.717, 1.165) is 12.1 Å². The number of anilines is 1. The second kappa shape index (κ2) is 8.53. The van der Waals surface area contributed by atoms with Gasteiger partial charge in [-0.15, -0.1) is 0 Å². The highest BCUT2D eigenvalue weighted by Gasteiger charge is 2.33. The van der Waals surface area contributed by atoms with Gasteiger partial charge in [0.05, 0.1) is 23.4 Å². The van der Waals surface area contributed by atoms with Crippen LogP contribution in [0, 0.1) is 0 Å². The number of amides is 1. The number of Topliss-reactive ketones (excluding diaryl/α,β-unsaturated/α-hetero) is 1. The van der Waals surface area contributed by atoms with Gasteiger partial charge in [-0.3, -0.25) is 9.59 Å². The molecule has 1 amide bonds. The average Bonchev–Trinajstić information content (AvgIpc) is 2.60. The molecule has 7 heteroatoms. The highest BCUT2D eigenvalue weighted by Crippen LogP contribution is 2.34. The molecule has 0 saturated heterocycles. The standard InChI is InChI=1S/C20H18F3NO3/c1-3-27-15-10-8-14(9-11-15)12-16(13(2)25)19(26)24-18-7-5-4-6-17(18)20(21,22)23/h4-12H,3H2,1-2H3,(H,24,26)/b16-12+. The summed E-state index contributed by atoms with van der Waals surface area (Å²) >= 11 is 0. The quantitative estimate of drug-likeness (QED) is 0.450. The second-order valence-electron chi connectivity index (χ2n) is 5.61. The fourth-order valence-electron chi connectivity index (χ4n) is 2.35. The lowest BCUT2D eigenvalue weighted by Gasteiger charge is -2.14. The summed E-state index contributed by atoms with van der Waals surface area (Å²) in [5, 5.41) is 2.18. The number of alkyl halides is 3. The van der Waals surface area contributed by atoms with Crippen LogP contribution in [-0.2, 0) is 15.8 Å². The van der Waals surface area contributed by atoms with E-state index in [9.17, 15) is 22.8 Å². The molecular formula is C20H18F3NO3. The summed E-state index contributed by atoms with van der Waals surface area (Å²) in [6, 6.07) is 11.2. The maximum atomic E-state index is 13.1. The summed E-state index contributed by atoms with van der Waals surface area (Å²) in [6.45, 7) is 3.51. The highest BCUT2D eigenvalue weighted by atomic mass is 19.4. The molecule has 0 saturated carbocycles. The van der Waals surface area contributed by atoms with Crippen molar-refractivity contribution in [3.05, 3.63) is 65.2 Å². The number of hydrogen-bond acceptors (Lipinski definition) is 3. The minimum Gasteiger partial charge on any atom is -0.494 e. The van der Waals surface area contributed by atoms with E-state index in [1.165, 1.54) is 25.1 Å². The zero-order chi connectivity index (χ0) is 20.0. The number of ketones is 1. The third kappa shape index (κ3) is 5.44. The van der Waals surface area contributed by atoms with Gasteiger partial charge < -0.3 is 10.1 Å². The van der Waals surface area contributed by atoms with Gasteiger partial charge in [0.15, 0.2) is 5.78 Å². The molecule has 0 atom stereocenters. The van der Waals surface area contributed by atoms with E-state index in [0.29, 0.717) is 17.9 Å². The smallest absolute Gasteiger partial charge is 0.418 e. The van der Waals surface area contributed by atoms with Crippen LogP contribution in [0.15, 0.2) is 54.1 Å². The van der Waals surface area contributed by atoms with Crippen LogP contribution >= 0.6 is 0 Å². The first-order valence-electron chi connectivity index (χ1n) is 8.15. The molecule has 2 aromatic carbocycles. The van der Waals surface area contributed by atoms with Crippen LogP contribution in [0.25, 0.3) is 6.08 Å². The molecule has 0 aromatic heterocycles. The molecule has 0 spiro atoms. The Bertz CT molecular complexity index is 856. The van der Waals surface area contributed by atoms with Gasteiger partial charge in [0.2, 0.25) is 0 Å². The van der Waals surface area contributed by atoms with Gasteiger partial charge in [0, 0.05) is 0 Å². The van der Waals surface area contributed by atoms with E-state index >= 15 is 0 Å². The first-order valence-corrected chi connectivity index (χ1v) is 8.15. The topological polar surface area (TPSA) is 55.4 Å². The van der Waals surface area contributed by atoms with E-state index < -0.39 is 29.1 Å². The summed E-state index contributed by atoms with van der Waals surface area (Å²) in [4.78, 5) is 24.3. The van der Waals surface area contributed by atoms with Crippen LogP contribution in [0.4, 0.5) is 18.9 Å². The molecule has 0 unspecified atom stereocenters. The van der Waals surface area contributed by atoms with Crippen molar-refractivity contribution in [2.45, 2.75) is 20.0 Å². The Morgan fingerprint density at radius 2 is 1.70 bits per heavy atom. The Labute approximate surface area is 154 Å². The predicted octanol–water partition coefficient (Wildman–Crippen LogP) is 4.72. The molecular weight excluding hydrogens is 359 g/mol. The Balaban J connectivity index is 2.30. The number of nitrogens with one attached hydrogen (secondary N) is 1. The van der Waals surface area contributed by atoms with E-state index in [4.69, 9.17) is 4.74 Å². The van der Waals surface area contributed by atoms with Gasteiger partial charge in [0.1, 0.15) is 5.75 Å². The molecule has 0 aliphatic rings. The van der Waals surface area contributed by atoms with Crippen LogP contribution in [0.5, 0.6) is 5.75 Å². The molecule has 4 nitrogen and oxygen atoms in total. The van der Waals surface area contributed by atoms with Crippen molar-refractivity contribution in [2.24, 2.45) is 0 Å². The maximum Gasteiger partial charge on any atom is 0.418 e. The van der Waals surface area contributed by atoms with E-state index in [-0.39, 0.29) is 5.57 Å². The highest BCUT2D eigenvalue weighted by molar-refractivity contribution is 6.25. The first-order chi connectivity index (χ1) is 12.7. The van der Waals surface area contributed by atoms with Crippen LogP contribution in [0.3, 0.4) is 0 Å². The Kier molecular flexibility index (Phi) is 6.39. The fourth-order valence-corrected chi connectivity index (χ4v) is 2.35. The van der Waals surface area contributed by atoms with Crippen LogP contribution in [0.1, 0.15) is 25.0 Å². The van der Waals surface area contributed by atoms with Gasteiger partial charge in [-0.1, -0.05) is 24.3 Å². The number of para-hydroxylation sites is 1. The minimum atomic E-state index is -4.63. The summed E-state index contributed by atoms with van der Waals surface area (Å²) < 4.78 is 44.5. The predicted molar refractivity (Wildman–Crippen MR) is 96.3 cm³/mol. The van der Waals surface area contributed by atoms with Crippen LogP contribution < -0.4 is 10.1 Å². The van der Waals surface area contributed by atoms with Crippen molar-refractivity contribution >= 4 is 23.5 Å². The number of carbonyl (C=O) groups is 2. The fraction of sp³-hybridized carbons (Fsp3) is 0.200.